The third-order valence-electron chi connectivity index (χ3n) is 3.89. The summed E-state index contributed by atoms with van der Waals surface area (Å²) in [6.07, 6.45) is -4.94. The third-order valence-corrected chi connectivity index (χ3v) is 3.89. The van der Waals surface area contributed by atoms with Crippen LogP contribution in [0.2, 0.25) is 0 Å². The molecule has 1 atom stereocenters. The van der Waals surface area contributed by atoms with E-state index in [1.165, 1.54) is 38.3 Å². The van der Waals surface area contributed by atoms with E-state index in [0.29, 0.717) is 11.3 Å². The van der Waals surface area contributed by atoms with Crippen molar-refractivity contribution in [1.29, 1.82) is 0 Å². The Balaban J connectivity index is 2.37. The number of hydrogen-bond acceptors (Lipinski definition) is 3. The van der Waals surface area contributed by atoms with Gasteiger partial charge in [-0.3, -0.25) is 4.79 Å². The van der Waals surface area contributed by atoms with Crippen LogP contribution in [-0.4, -0.2) is 25.8 Å². The first-order valence-electron chi connectivity index (χ1n) is 8.03. The first kappa shape index (κ1) is 19.8. The third kappa shape index (κ3) is 3.83. The Labute approximate surface area is 149 Å². The Bertz CT molecular complexity index is 734. The van der Waals surface area contributed by atoms with Crippen molar-refractivity contribution in [3.63, 3.8) is 0 Å². The van der Waals surface area contributed by atoms with Gasteiger partial charge in [0.15, 0.2) is 0 Å². The van der Waals surface area contributed by atoms with Gasteiger partial charge in [0.1, 0.15) is 5.75 Å². The highest BCUT2D eigenvalue weighted by Gasteiger charge is 2.62. The van der Waals surface area contributed by atoms with Crippen LogP contribution in [0, 0.1) is 0 Å². The van der Waals surface area contributed by atoms with Crippen molar-refractivity contribution in [2.24, 2.45) is 0 Å². The van der Waals surface area contributed by atoms with Crippen molar-refractivity contribution in [2.75, 3.05) is 13.7 Å². The number of benzene rings is 2. The Hall–Kier alpha value is -2.54. The number of methoxy groups -OCH3 is 1. The van der Waals surface area contributed by atoms with E-state index in [2.05, 4.69) is 5.32 Å². The maximum atomic E-state index is 14.0. The molecule has 0 radical (unpaired) electrons. The Morgan fingerprint density at radius 2 is 1.65 bits per heavy atom. The summed E-state index contributed by atoms with van der Waals surface area (Å²) in [6, 6.07) is 13.7. The van der Waals surface area contributed by atoms with Crippen molar-refractivity contribution in [3.8, 4) is 5.75 Å². The summed E-state index contributed by atoms with van der Waals surface area (Å²) in [5.74, 6) is -0.800. The van der Waals surface area contributed by atoms with E-state index in [4.69, 9.17) is 9.47 Å². The molecule has 2 aromatic rings. The highest BCUT2D eigenvalue weighted by atomic mass is 19.4. The van der Waals surface area contributed by atoms with Gasteiger partial charge in [0.2, 0.25) is 0 Å². The standard InChI is InChI=1S/C19H20F3NO3/c1-3-26-18(19(20,21)22,15-10-5-4-6-11-15)17(24)23-13-14-9-7-8-12-16(14)25-2/h4-12H,3,13H2,1-2H3,(H,23,24). The second-order valence-electron chi connectivity index (χ2n) is 5.47. The molecule has 0 aliphatic carbocycles. The molecule has 1 N–H and O–H groups in total. The number of ether oxygens (including phenoxy) is 2. The van der Waals surface area contributed by atoms with Crippen molar-refractivity contribution >= 4 is 5.91 Å². The molecule has 0 saturated carbocycles. The van der Waals surface area contributed by atoms with Gasteiger partial charge >= 0.3 is 6.18 Å². The molecule has 140 valence electrons. The Morgan fingerprint density at radius 3 is 2.23 bits per heavy atom. The van der Waals surface area contributed by atoms with Crippen LogP contribution in [0.4, 0.5) is 13.2 Å². The monoisotopic (exact) mass is 367 g/mol. The number of rotatable bonds is 7. The number of amides is 1. The van der Waals surface area contributed by atoms with Gasteiger partial charge < -0.3 is 14.8 Å². The number of carbonyl (C=O) groups is 1. The largest absolute Gasteiger partial charge is 0.496 e. The van der Waals surface area contributed by atoms with Crippen LogP contribution in [0.5, 0.6) is 5.75 Å². The summed E-state index contributed by atoms with van der Waals surface area (Å²) in [6.45, 7) is 1.01. The number of halogens is 3. The van der Waals surface area contributed by atoms with Gasteiger partial charge in [-0.2, -0.15) is 13.2 Å². The second kappa shape index (κ2) is 8.23. The topological polar surface area (TPSA) is 47.6 Å². The summed E-state index contributed by atoms with van der Waals surface area (Å²) in [4.78, 5) is 12.7. The van der Waals surface area contributed by atoms with E-state index in [9.17, 15) is 18.0 Å². The zero-order valence-electron chi connectivity index (χ0n) is 14.5. The number of alkyl halides is 3. The predicted octanol–water partition coefficient (Wildman–Crippen LogP) is 3.81. The highest BCUT2D eigenvalue weighted by molar-refractivity contribution is 5.87. The number of carbonyl (C=O) groups excluding carboxylic acids is 1. The fourth-order valence-electron chi connectivity index (χ4n) is 2.69. The van der Waals surface area contributed by atoms with Gasteiger partial charge in [0.25, 0.3) is 11.5 Å². The van der Waals surface area contributed by atoms with Crippen molar-refractivity contribution < 1.29 is 27.4 Å². The van der Waals surface area contributed by atoms with Crippen LogP contribution in [0.1, 0.15) is 18.1 Å². The minimum Gasteiger partial charge on any atom is -0.496 e. The molecule has 0 aromatic heterocycles. The average Bonchev–Trinajstić information content (AvgIpc) is 2.64. The summed E-state index contributed by atoms with van der Waals surface area (Å²) < 4.78 is 52.1. The van der Waals surface area contributed by atoms with Crippen LogP contribution in [-0.2, 0) is 21.7 Å². The van der Waals surface area contributed by atoms with Gasteiger partial charge in [-0.15, -0.1) is 0 Å². The smallest absolute Gasteiger partial charge is 0.430 e. The Kier molecular flexibility index (Phi) is 6.26. The number of nitrogens with one attached hydrogen (secondary N) is 1. The van der Waals surface area contributed by atoms with E-state index < -0.39 is 17.7 Å². The van der Waals surface area contributed by atoms with Gasteiger partial charge in [0.05, 0.1) is 7.11 Å². The molecule has 0 fully saturated rings. The maximum absolute atomic E-state index is 14.0. The molecule has 0 aliphatic heterocycles. The first-order valence-corrected chi connectivity index (χ1v) is 8.03. The number of para-hydroxylation sites is 1. The zero-order valence-corrected chi connectivity index (χ0v) is 14.5. The fraction of sp³-hybridized carbons (Fsp3) is 0.316. The molecule has 0 aliphatic rings. The van der Waals surface area contributed by atoms with Crippen LogP contribution in [0.3, 0.4) is 0 Å². The lowest BCUT2D eigenvalue weighted by Gasteiger charge is -2.34. The Morgan fingerprint density at radius 1 is 1.04 bits per heavy atom. The fourth-order valence-corrected chi connectivity index (χ4v) is 2.69. The van der Waals surface area contributed by atoms with E-state index in [-0.39, 0.29) is 18.7 Å². The molecule has 0 heterocycles. The molecule has 2 rings (SSSR count). The van der Waals surface area contributed by atoms with Crippen molar-refractivity contribution in [2.45, 2.75) is 25.2 Å². The first-order chi connectivity index (χ1) is 12.4. The molecule has 1 amide bonds. The molecule has 2 aromatic carbocycles. The van der Waals surface area contributed by atoms with Crippen molar-refractivity contribution in [1.82, 2.24) is 5.32 Å². The van der Waals surface area contributed by atoms with Gasteiger partial charge in [-0.05, 0) is 13.0 Å². The molecule has 0 bridgehead atoms. The molecule has 0 spiro atoms. The van der Waals surface area contributed by atoms with Crippen LogP contribution >= 0.6 is 0 Å². The van der Waals surface area contributed by atoms with Crippen LogP contribution in [0.25, 0.3) is 0 Å². The average molecular weight is 367 g/mol. The molecular weight excluding hydrogens is 347 g/mol. The number of hydrogen-bond donors (Lipinski definition) is 1. The summed E-state index contributed by atoms with van der Waals surface area (Å²) in [7, 11) is 1.45. The molecule has 26 heavy (non-hydrogen) atoms. The minimum absolute atomic E-state index is 0.124. The molecule has 7 heteroatoms. The lowest BCUT2D eigenvalue weighted by atomic mass is 9.91. The van der Waals surface area contributed by atoms with Gasteiger partial charge in [-0.25, -0.2) is 0 Å². The summed E-state index contributed by atoms with van der Waals surface area (Å²) in [5, 5.41) is 2.34. The summed E-state index contributed by atoms with van der Waals surface area (Å²) >= 11 is 0. The molecule has 1 unspecified atom stereocenters. The van der Waals surface area contributed by atoms with Crippen molar-refractivity contribution in [3.05, 3.63) is 65.7 Å². The normalized spacial score (nSPS) is 13.7. The lowest BCUT2D eigenvalue weighted by molar-refractivity contribution is -0.272. The van der Waals surface area contributed by atoms with Gasteiger partial charge in [0, 0.05) is 24.3 Å². The van der Waals surface area contributed by atoms with E-state index >= 15 is 0 Å². The minimum atomic E-state index is -4.94. The van der Waals surface area contributed by atoms with E-state index in [1.807, 2.05) is 0 Å². The van der Waals surface area contributed by atoms with Gasteiger partial charge in [-0.1, -0.05) is 48.5 Å². The molecule has 0 saturated heterocycles. The highest BCUT2D eigenvalue weighted by Crippen LogP contribution is 2.42. The molecular formula is C19H20F3NO3. The van der Waals surface area contributed by atoms with E-state index in [0.717, 1.165) is 0 Å². The zero-order chi connectivity index (χ0) is 19.2. The maximum Gasteiger partial charge on any atom is 0.430 e. The SMILES string of the molecule is CCOC(C(=O)NCc1ccccc1OC)(c1ccccc1)C(F)(F)F. The molecule has 4 nitrogen and oxygen atoms in total. The van der Waals surface area contributed by atoms with E-state index in [1.54, 1.807) is 30.3 Å². The van der Waals surface area contributed by atoms with Crippen LogP contribution in [0.15, 0.2) is 54.6 Å². The quantitative estimate of drug-likeness (QED) is 0.810. The predicted molar refractivity (Wildman–Crippen MR) is 90.6 cm³/mol. The second-order valence-corrected chi connectivity index (χ2v) is 5.47. The summed E-state index contributed by atoms with van der Waals surface area (Å²) in [5.41, 5.74) is -2.79. The lowest BCUT2D eigenvalue weighted by Crippen LogP contribution is -2.56. The van der Waals surface area contributed by atoms with Crippen LogP contribution < -0.4 is 10.1 Å².